The Kier molecular flexibility index (Phi) is 7.51. The molecular weight excluding hydrogens is 663 g/mol. The van der Waals surface area contributed by atoms with Gasteiger partial charge in [0.05, 0.1) is 22.8 Å². The lowest BCUT2D eigenvalue weighted by Crippen LogP contribution is -2.18. The Balaban J connectivity index is 1.17. The predicted octanol–water partition coefficient (Wildman–Crippen LogP) is 12.1. The van der Waals surface area contributed by atoms with E-state index in [1.165, 1.54) is 0 Å². The zero-order valence-corrected chi connectivity index (χ0v) is 29.0. The molecule has 1 aliphatic carbocycles. The zero-order valence-electron chi connectivity index (χ0n) is 29.0. The number of fused-ring (bicyclic) bond motifs is 6. The summed E-state index contributed by atoms with van der Waals surface area (Å²) >= 11 is 0. The van der Waals surface area contributed by atoms with Gasteiger partial charge in [-0.1, -0.05) is 133 Å². The highest BCUT2D eigenvalue weighted by atomic mass is 16.3. The number of allylic oxidation sites excluding steroid dienone is 1. The molecule has 1 aliphatic rings. The number of nitrogens with one attached hydrogen (secondary N) is 2. The first-order valence-electron chi connectivity index (χ1n) is 17.9. The van der Waals surface area contributed by atoms with Gasteiger partial charge in [-0.25, -0.2) is 9.97 Å². The number of rotatable bonds is 6. The number of hydrogen-bond donors (Lipinski definition) is 2. The van der Waals surface area contributed by atoms with Gasteiger partial charge in [-0.15, -0.1) is 0 Å². The van der Waals surface area contributed by atoms with E-state index in [0.29, 0.717) is 17.2 Å². The van der Waals surface area contributed by atoms with Crippen molar-refractivity contribution in [1.82, 2.24) is 9.97 Å². The van der Waals surface area contributed by atoms with E-state index < -0.39 is 0 Å². The Morgan fingerprint density at radius 3 is 2.07 bits per heavy atom. The molecule has 0 unspecified atom stereocenters. The second-order valence-electron chi connectivity index (χ2n) is 13.3. The SMILES string of the molecule is N=C1/C(=N\Nc2ccccc2)C=Cc2ccc3ccc(-c4nc(-c5ccccc5-c5ccccc5)cc(-c5cccc6oc7ccccc7c56)n4)cc3c21. The normalized spacial score (nSPS) is 13.2. The minimum atomic E-state index is 0.351. The molecule has 0 bridgehead atoms. The van der Waals surface area contributed by atoms with Crippen molar-refractivity contribution < 1.29 is 4.42 Å². The van der Waals surface area contributed by atoms with Crippen LogP contribution in [0.25, 0.3) is 83.8 Å². The Morgan fingerprint density at radius 2 is 1.22 bits per heavy atom. The number of anilines is 1. The van der Waals surface area contributed by atoms with Gasteiger partial charge in [-0.3, -0.25) is 10.8 Å². The van der Waals surface area contributed by atoms with Crippen LogP contribution in [0.1, 0.15) is 11.1 Å². The number of hydrogen-bond acceptors (Lipinski definition) is 6. The molecule has 2 N–H and O–H groups in total. The monoisotopic (exact) mass is 693 g/mol. The lowest BCUT2D eigenvalue weighted by atomic mass is 9.88. The second kappa shape index (κ2) is 13.0. The van der Waals surface area contributed by atoms with Crippen molar-refractivity contribution in [3.63, 3.8) is 0 Å². The predicted molar refractivity (Wildman–Crippen MR) is 222 cm³/mol. The largest absolute Gasteiger partial charge is 0.456 e. The fourth-order valence-electron chi connectivity index (χ4n) is 7.42. The van der Waals surface area contributed by atoms with E-state index in [-0.39, 0.29) is 0 Å². The number of furan rings is 1. The highest BCUT2D eigenvalue weighted by Crippen LogP contribution is 2.40. The Hall–Kier alpha value is -7.44. The molecule has 0 fully saturated rings. The van der Waals surface area contributed by atoms with Crippen molar-refractivity contribution >= 4 is 55.9 Å². The summed E-state index contributed by atoms with van der Waals surface area (Å²) in [6.07, 6.45) is 3.91. The smallest absolute Gasteiger partial charge is 0.160 e. The highest BCUT2D eigenvalue weighted by molar-refractivity contribution is 6.55. The van der Waals surface area contributed by atoms with Gasteiger partial charge in [0.1, 0.15) is 16.9 Å². The third kappa shape index (κ3) is 5.45. The molecule has 0 saturated heterocycles. The summed E-state index contributed by atoms with van der Waals surface area (Å²) in [5.74, 6) is 0.590. The topological polar surface area (TPSA) is 87.2 Å². The first-order valence-corrected chi connectivity index (χ1v) is 17.9. The van der Waals surface area contributed by atoms with Gasteiger partial charge in [0.2, 0.25) is 0 Å². The van der Waals surface area contributed by atoms with Gasteiger partial charge in [0, 0.05) is 33.0 Å². The van der Waals surface area contributed by atoms with Gasteiger partial charge >= 0.3 is 0 Å². The number of hydrazone groups is 1. The van der Waals surface area contributed by atoms with Crippen LogP contribution in [-0.2, 0) is 0 Å². The molecule has 6 heteroatoms. The molecular formula is C48H31N5O. The van der Waals surface area contributed by atoms with Crippen LogP contribution >= 0.6 is 0 Å². The molecule has 254 valence electrons. The molecule has 0 saturated carbocycles. The maximum Gasteiger partial charge on any atom is 0.160 e. The minimum Gasteiger partial charge on any atom is -0.456 e. The van der Waals surface area contributed by atoms with Crippen molar-refractivity contribution in [1.29, 1.82) is 5.41 Å². The second-order valence-corrected chi connectivity index (χ2v) is 13.3. The molecule has 10 rings (SSSR count). The molecule has 9 aromatic rings. The van der Waals surface area contributed by atoms with E-state index in [4.69, 9.17) is 14.4 Å². The third-order valence-corrected chi connectivity index (χ3v) is 10.0. The average molecular weight is 694 g/mol. The molecule has 6 nitrogen and oxygen atoms in total. The van der Waals surface area contributed by atoms with Crippen molar-refractivity contribution in [3.05, 3.63) is 181 Å². The molecule has 2 heterocycles. The summed E-state index contributed by atoms with van der Waals surface area (Å²) in [4.78, 5) is 10.6. The number of benzene rings is 7. The summed E-state index contributed by atoms with van der Waals surface area (Å²) in [6.45, 7) is 0. The minimum absolute atomic E-state index is 0.351. The van der Waals surface area contributed by atoms with Crippen LogP contribution in [0, 0.1) is 5.41 Å². The molecule has 54 heavy (non-hydrogen) atoms. The quantitative estimate of drug-likeness (QED) is 0.170. The van der Waals surface area contributed by atoms with Crippen LogP contribution in [-0.4, -0.2) is 21.4 Å². The number of nitrogens with zero attached hydrogens (tertiary/aromatic N) is 3. The van der Waals surface area contributed by atoms with Crippen LogP contribution in [0.5, 0.6) is 0 Å². The lowest BCUT2D eigenvalue weighted by molar-refractivity contribution is 0.669. The summed E-state index contributed by atoms with van der Waals surface area (Å²) in [5, 5.41) is 17.9. The van der Waals surface area contributed by atoms with Crippen molar-refractivity contribution in [2.24, 2.45) is 5.10 Å². The zero-order chi connectivity index (χ0) is 36.0. The van der Waals surface area contributed by atoms with Crippen molar-refractivity contribution in [2.45, 2.75) is 0 Å². The van der Waals surface area contributed by atoms with Crippen LogP contribution in [0.4, 0.5) is 5.69 Å². The Labute approximate surface area is 311 Å². The molecule has 0 aliphatic heterocycles. The molecule has 0 amide bonds. The van der Waals surface area contributed by atoms with Gasteiger partial charge in [-0.2, -0.15) is 5.10 Å². The van der Waals surface area contributed by atoms with Gasteiger partial charge in [0.25, 0.3) is 0 Å². The number of aromatic nitrogens is 2. The molecule has 0 spiro atoms. The average Bonchev–Trinajstić information content (AvgIpc) is 3.63. The summed E-state index contributed by atoms with van der Waals surface area (Å²) in [7, 11) is 0. The molecule has 7 aromatic carbocycles. The third-order valence-electron chi connectivity index (χ3n) is 10.0. The maximum absolute atomic E-state index is 9.31. The van der Waals surface area contributed by atoms with E-state index >= 15 is 0 Å². The van der Waals surface area contributed by atoms with E-state index in [1.54, 1.807) is 0 Å². The summed E-state index contributed by atoms with van der Waals surface area (Å²) in [5.41, 5.74) is 14.9. The standard InChI is InChI=1S/C48H31N5O/c49-47-40(53-52-34-14-5-2-6-15-34)27-26-32-24-22-31-23-25-33(28-39(31)45(32)47)48-50-41(36-17-8-7-16-35(36)30-12-3-1-4-13-30)29-42(51-48)37-19-11-21-44-46(37)38-18-9-10-20-43(38)54-44/h1-29,49,52H/b49-47?,53-40-. The van der Waals surface area contributed by atoms with Crippen LogP contribution in [0.3, 0.4) is 0 Å². The Bertz CT molecular complexity index is 2980. The first kappa shape index (κ1) is 31.3. The van der Waals surface area contributed by atoms with Gasteiger partial charge in [-0.05, 0) is 69.9 Å². The summed E-state index contributed by atoms with van der Waals surface area (Å²) < 4.78 is 6.30. The van der Waals surface area contributed by atoms with E-state index in [2.05, 4.69) is 108 Å². The molecule has 2 aromatic heterocycles. The van der Waals surface area contributed by atoms with Gasteiger partial charge in [0.15, 0.2) is 5.82 Å². The fraction of sp³-hybridized carbons (Fsp3) is 0. The molecule has 0 atom stereocenters. The number of para-hydroxylation sites is 2. The Morgan fingerprint density at radius 1 is 0.537 bits per heavy atom. The van der Waals surface area contributed by atoms with Crippen molar-refractivity contribution in [2.75, 3.05) is 5.43 Å². The fourth-order valence-corrected chi connectivity index (χ4v) is 7.42. The van der Waals surface area contributed by atoms with E-state index in [0.717, 1.165) is 88.7 Å². The van der Waals surface area contributed by atoms with Crippen LogP contribution in [0.15, 0.2) is 179 Å². The van der Waals surface area contributed by atoms with E-state index in [1.807, 2.05) is 78.9 Å². The van der Waals surface area contributed by atoms with Crippen LogP contribution in [0.2, 0.25) is 0 Å². The molecule has 0 radical (unpaired) electrons. The summed E-state index contributed by atoms with van der Waals surface area (Å²) in [6, 6.07) is 55.4. The van der Waals surface area contributed by atoms with Crippen molar-refractivity contribution in [3.8, 4) is 45.0 Å². The lowest BCUT2D eigenvalue weighted by Gasteiger charge is -2.17. The maximum atomic E-state index is 9.31. The first-order chi connectivity index (χ1) is 26.7. The van der Waals surface area contributed by atoms with Gasteiger partial charge < -0.3 is 4.42 Å². The van der Waals surface area contributed by atoms with Crippen LogP contribution < -0.4 is 5.43 Å². The van der Waals surface area contributed by atoms with E-state index in [9.17, 15) is 5.41 Å². The highest BCUT2D eigenvalue weighted by Gasteiger charge is 2.21.